The summed E-state index contributed by atoms with van der Waals surface area (Å²) in [5.74, 6) is -0.355. The number of hydrogen-bond donors (Lipinski definition) is 2. The lowest BCUT2D eigenvalue weighted by molar-refractivity contribution is 0.627. The Hall–Kier alpha value is -1.95. The summed E-state index contributed by atoms with van der Waals surface area (Å²) in [7, 11) is 1.91. The molecule has 0 amide bonds. The first-order chi connectivity index (χ1) is 9.40. The van der Waals surface area contributed by atoms with Gasteiger partial charge in [-0.05, 0) is 32.0 Å². The minimum atomic E-state index is -0.355. The quantitative estimate of drug-likeness (QED) is 0.850. The van der Waals surface area contributed by atoms with Gasteiger partial charge in [-0.15, -0.1) is 0 Å². The molecule has 3 N–H and O–H groups in total. The van der Waals surface area contributed by atoms with Crippen LogP contribution in [0.1, 0.15) is 22.5 Å². The Balaban J connectivity index is 2.25. The molecule has 0 saturated carbocycles. The summed E-state index contributed by atoms with van der Waals surface area (Å²) in [5, 5.41) is 7.61. The van der Waals surface area contributed by atoms with Crippen molar-refractivity contribution in [3.63, 3.8) is 0 Å². The first-order valence-electron chi connectivity index (χ1n) is 6.22. The van der Waals surface area contributed by atoms with Gasteiger partial charge in [-0.25, -0.2) is 4.39 Å². The molecule has 0 unspecified atom stereocenters. The van der Waals surface area contributed by atoms with Crippen LogP contribution in [0.15, 0.2) is 18.2 Å². The van der Waals surface area contributed by atoms with Crippen LogP contribution in [-0.2, 0) is 13.6 Å². The summed E-state index contributed by atoms with van der Waals surface area (Å²) < 4.78 is 15.1. The molecule has 0 spiro atoms. The van der Waals surface area contributed by atoms with Crippen molar-refractivity contribution < 1.29 is 4.39 Å². The largest absolute Gasteiger partial charge is 0.389 e. The Morgan fingerprint density at radius 1 is 1.45 bits per heavy atom. The summed E-state index contributed by atoms with van der Waals surface area (Å²) in [6.45, 7) is 4.56. The molecule has 4 nitrogen and oxygen atoms in total. The Morgan fingerprint density at radius 2 is 2.15 bits per heavy atom. The van der Waals surface area contributed by atoms with Crippen LogP contribution in [0.2, 0.25) is 0 Å². The van der Waals surface area contributed by atoms with Crippen LogP contribution in [0.4, 0.5) is 10.1 Å². The molecule has 106 valence electrons. The lowest BCUT2D eigenvalue weighted by atomic mass is 10.1. The van der Waals surface area contributed by atoms with E-state index >= 15 is 0 Å². The number of halogens is 1. The highest BCUT2D eigenvalue weighted by atomic mass is 32.1. The van der Waals surface area contributed by atoms with Gasteiger partial charge >= 0.3 is 0 Å². The number of thiocarbonyl (C=S) groups is 1. The fourth-order valence-corrected chi connectivity index (χ4v) is 2.30. The van der Waals surface area contributed by atoms with E-state index in [1.165, 1.54) is 12.1 Å². The number of benzene rings is 1. The van der Waals surface area contributed by atoms with Gasteiger partial charge in [-0.3, -0.25) is 4.68 Å². The zero-order chi connectivity index (χ0) is 14.9. The molecular formula is C14H17FN4S. The van der Waals surface area contributed by atoms with E-state index in [0.29, 0.717) is 12.1 Å². The molecule has 0 aliphatic heterocycles. The van der Waals surface area contributed by atoms with Gasteiger partial charge in [0.1, 0.15) is 10.8 Å². The summed E-state index contributed by atoms with van der Waals surface area (Å²) in [5.41, 5.74) is 10.0. The highest BCUT2D eigenvalue weighted by molar-refractivity contribution is 7.80. The summed E-state index contributed by atoms with van der Waals surface area (Å²) in [4.78, 5) is 0.173. The highest BCUT2D eigenvalue weighted by Crippen LogP contribution is 2.20. The van der Waals surface area contributed by atoms with E-state index in [9.17, 15) is 4.39 Å². The Bertz CT molecular complexity index is 663. The van der Waals surface area contributed by atoms with E-state index in [0.717, 1.165) is 22.6 Å². The molecule has 2 rings (SSSR count). The van der Waals surface area contributed by atoms with E-state index in [-0.39, 0.29) is 10.8 Å². The number of nitrogens with one attached hydrogen (secondary N) is 1. The van der Waals surface area contributed by atoms with Crippen LogP contribution in [0.3, 0.4) is 0 Å². The molecule has 6 heteroatoms. The Labute approximate surface area is 122 Å². The van der Waals surface area contributed by atoms with E-state index in [2.05, 4.69) is 10.4 Å². The minimum Gasteiger partial charge on any atom is -0.389 e. The number of nitrogens with zero attached hydrogens (tertiary/aromatic N) is 2. The topological polar surface area (TPSA) is 55.9 Å². The molecule has 0 aliphatic carbocycles. The van der Waals surface area contributed by atoms with E-state index in [4.69, 9.17) is 18.0 Å². The van der Waals surface area contributed by atoms with E-state index < -0.39 is 0 Å². The van der Waals surface area contributed by atoms with Gasteiger partial charge in [0.2, 0.25) is 0 Å². The number of nitrogens with two attached hydrogens (primary N) is 1. The maximum absolute atomic E-state index is 13.2. The Morgan fingerprint density at radius 3 is 2.70 bits per heavy atom. The molecule has 20 heavy (non-hydrogen) atoms. The second-order valence-corrected chi connectivity index (χ2v) is 5.12. The number of anilines is 1. The van der Waals surface area contributed by atoms with Crippen LogP contribution in [-0.4, -0.2) is 14.8 Å². The third kappa shape index (κ3) is 2.80. The normalized spacial score (nSPS) is 10.6. The molecule has 0 fully saturated rings. The zero-order valence-corrected chi connectivity index (χ0v) is 12.5. The van der Waals surface area contributed by atoms with Crippen LogP contribution in [0, 0.1) is 19.7 Å². The lowest BCUT2D eigenvalue weighted by Crippen LogP contribution is -2.14. The average Bonchev–Trinajstić information content (AvgIpc) is 2.62. The lowest BCUT2D eigenvalue weighted by Gasteiger charge is -2.11. The van der Waals surface area contributed by atoms with Crippen molar-refractivity contribution in [2.45, 2.75) is 20.4 Å². The summed E-state index contributed by atoms with van der Waals surface area (Å²) in [6.07, 6.45) is 0. The van der Waals surface area contributed by atoms with Crippen molar-refractivity contribution >= 4 is 22.9 Å². The minimum absolute atomic E-state index is 0.173. The maximum Gasteiger partial charge on any atom is 0.124 e. The fourth-order valence-electron chi connectivity index (χ4n) is 2.13. The van der Waals surface area contributed by atoms with Gasteiger partial charge in [0.05, 0.1) is 5.69 Å². The molecule has 1 heterocycles. The van der Waals surface area contributed by atoms with Crippen molar-refractivity contribution in [1.82, 2.24) is 9.78 Å². The maximum atomic E-state index is 13.2. The monoisotopic (exact) mass is 292 g/mol. The molecule has 0 aliphatic rings. The average molecular weight is 292 g/mol. The van der Waals surface area contributed by atoms with Gasteiger partial charge in [0.25, 0.3) is 0 Å². The van der Waals surface area contributed by atoms with Gasteiger partial charge < -0.3 is 11.1 Å². The second-order valence-electron chi connectivity index (χ2n) is 4.68. The molecule has 0 bridgehead atoms. The molecular weight excluding hydrogens is 275 g/mol. The SMILES string of the molecule is Cc1nn(C)c(C)c1CNc1ccc(F)cc1C(N)=S. The number of aromatic nitrogens is 2. The van der Waals surface area contributed by atoms with Crippen molar-refractivity contribution in [3.8, 4) is 0 Å². The number of rotatable bonds is 4. The van der Waals surface area contributed by atoms with Crippen molar-refractivity contribution in [1.29, 1.82) is 0 Å². The first-order valence-corrected chi connectivity index (χ1v) is 6.63. The molecule has 0 saturated heterocycles. The second kappa shape index (κ2) is 5.58. The van der Waals surface area contributed by atoms with E-state index in [1.54, 1.807) is 6.07 Å². The van der Waals surface area contributed by atoms with Crippen LogP contribution < -0.4 is 11.1 Å². The van der Waals surface area contributed by atoms with Gasteiger partial charge in [-0.2, -0.15) is 5.10 Å². The molecule has 1 aromatic heterocycles. The molecule has 0 atom stereocenters. The third-order valence-corrected chi connectivity index (χ3v) is 3.58. The Kier molecular flexibility index (Phi) is 4.04. The predicted octanol–water partition coefficient (Wildman–Crippen LogP) is 2.42. The standard InChI is InChI=1S/C14H17FN4S/c1-8-12(9(2)19(3)18-8)7-17-13-5-4-10(15)6-11(13)14(16)20/h4-6,17H,7H2,1-3H3,(H2,16,20). The van der Waals surface area contributed by atoms with E-state index in [1.807, 2.05) is 25.6 Å². The van der Waals surface area contributed by atoms with Crippen LogP contribution >= 0.6 is 12.2 Å². The van der Waals surface area contributed by atoms with Gasteiger partial charge in [0.15, 0.2) is 0 Å². The van der Waals surface area contributed by atoms with Gasteiger partial charge in [-0.1, -0.05) is 12.2 Å². The van der Waals surface area contributed by atoms with Crippen LogP contribution in [0.5, 0.6) is 0 Å². The highest BCUT2D eigenvalue weighted by Gasteiger charge is 2.11. The zero-order valence-electron chi connectivity index (χ0n) is 11.7. The first kappa shape index (κ1) is 14.5. The number of aryl methyl sites for hydroxylation is 2. The number of hydrogen-bond acceptors (Lipinski definition) is 3. The third-order valence-electron chi connectivity index (χ3n) is 3.36. The summed E-state index contributed by atoms with van der Waals surface area (Å²) in [6, 6.07) is 4.37. The summed E-state index contributed by atoms with van der Waals surface area (Å²) >= 11 is 4.95. The molecule has 1 aromatic carbocycles. The molecule has 2 aromatic rings. The fraction of sp³-hybridized carbons (Fsp3) is 0.286. The van der Waals surface area contributed by atoms with Crippen molar-refractivity contribution in [2.75, 3.05) is 5.32 Å². The van der Waals surface area contributed by atoms with Gasteiger partial charge in [0, 0.05) is 36.1 Å². The predicted molar refractivity (Wildman–Crippen MR) is 82.3 cm³/mol. The molecule has 0 radical (unpaired) electrons. The van der Waals surface area contributed by atoms with Crippen LogP contribution in [0.25, 0.3) is 0 Å². The van der Waals surface area contributed by atoms with Crippen molar-refractivity contribution in [2.24, 2.45) is 12.8 Å². The smallest absolute Gasteiger partial charge is 0.124 e. The van der Waals surface area contributed by atoms with Crippen molar-refractivity contribution in [3.05, 3.63) is 46.5 Å².